The van der Waals surface area contributed by atoms with E-state index in [0.717, 1.165) is 24.8 Å². The molecule has 146 valence electrons. The summed E-state index contributed by atoms with van der Waals surface area (Å²) in [6.07, 6.45) is 7.41. The molecule has 0 amide bonds. The molecule has 4 aliphatic carbocycles. The summed E-state index contributed by atoms with van der Waals surface area (Å²) in [5.74, 6) is 3.08. The highest BCUT2D eigenvalue weighted by molar-refractivity contribution is 5.40. The highest BCUT2D eigenvalue weighted by atomic mass is 16.6. The second-order valence-electron chi connectivity index (χ2n) is 10.4. The van der Waals surface area contributed by atoms with Crippen LogP contribution in [0.4, 0.5) is 0 Å². The monoisotopic (exact) mass is 368 g/mol. The van der Waals surface area contributed by atoms with E-state index in [4.69, 9.17) is 4.74 Å². The number of hydrogen-bond donors (Lipinski definition) is 2. The third kappa shape index (κ3) is 1.94. The fourth-order valence-corrected chi connectivity index (χ4v) is 8.38. The number of hydrogen-bond acceptors (Lipinski definition) is 3. The summed E-state index contributed by atoms with van der Waals surface area (Å²) < 4.78 is 5.88. The number of epoxide rings is 1. The Bertz CT molecular complexity index is 790. The van der Waals surface area contributed by atoms with Crippen molar-refractivity contribution >= 4 is 0 Å². The molecule has 3 saturated carbocycles. The van der Waals surface area contributed by atoms with Gasteiger partial charge in [0, 0.05) is 5.41 Å². The van der Waals surface area contributed by atoms with Crippen LogP contribution in [0.3, 0.4) is 0 Å². The van der Waals surface area contributed by atoms with E-state index in [0.29, 0.717) is 35.7 Å². The van der Waals surface area contributed by atoms with Crippen molar-refractivity contribution in [3.8, 4) is 0 Å². The fourth-order valence-electron chi connectivity index (χ4n) is 8.38. The van der Waals surface area contributed by atoms with Gasteiger partial charge < -0.3 is 14.9 Å². The lowest BCUT2D eigenvalue weighted by atomic mass is 9.50. The number of ether oxygens (including phenoxy) is 1. The van der Waals surface area contributed by atoms with Gasteiger partial charge in [-0.1, -0.05) is 38.5 Å². The van der Waals surface area contributed by atoms with E-state index in [9.17, 15) is 10.2 Å². The number of fused-ring (bicyclic) bond motifs is 9. The van der Waals surface area contributed by atoms with Crippen molar-refractivity contribution in [3.05, 3.63) is 34.9 Å². The van der Waals surface area contributed by atoms with E-state index in [2.05, 4.69) is 32.0 Å². The average Bonchev–Trinajstić information content (AvgIpc) is 3.34. The average molecular weight is 369 g/mol. The predicted molar refractivity (Wildman–Crippen MR) is 103 cm³/mol. The Morgan fingerprint density at radius 1 is 1.26 bits per heavy atom. The third-order valence-corrected chi connectivity index (χ3v) is 9.67. The third-order valence-electron chi connectivity index (χ3n) is 9.67. The van der Waals surface area contributed by atoms with Gasteiger partial charge in [0.1, 0.15) is 11.7 Å². The van der Waals surface area contributed by atoms with E-state index >= 15 is 0 Å². The summed E-state index contributed by atoms with van der Waals surface area (Å²) >= 11 is 0. The van der Waals surface area contributed by atoms with Crippen molar-refractivity contribution in [3.63, 3.8) is 0 Å². The van der Waals surface area contributed by atoms with Gasteiger partial charge >= 0.3 is 0 Å². The minimum atomic E-state index is -0.577. The van der Waals surface area contributed by atoms with Crippen molar-refractivity contribution in [1.82, 2.24) is 0 Å². The Morgan fingerprint density at radius 3 is 2.89 bits per heavy atom. The van der Waals surface area contributed by atoms with E-state index in [1.165, 1.54) is 30.4 Å². The maximum Gasteiger partial charge on any atom is 0.114 e. The molecule has 1 aromatic rings. The first-order chi connectivity index (χ1) is 13.0. The molecule has 1 heterocycles. The first-order valence-electron chi connectivity index (χ1n) is 11.1. The molecule has 0 aromatic heterocycles. The van der Waals surface area contributed by atoms with Crippen LogP contribution in [0.15, 0.2) is 18.2 Å². The Hall–Kier alpha value is -0.900. The van der Waals surface area contributed by atoms with Crippen molar-refractivity contribution in [2.45, 2.75) is 82.7 Å². The molecule has 0 radical (unpaired) electrons. The van der Waals surface area contributed by atoms with Gasteiger partial charge in [-0.25, -0.2) is 0 Å². The van der Waals surface area contributed by atoms with Crippen molar-refractivity contribution < 1.29 is 14.9 Å². The molecule has 5 aliphatic rings. The normalized spacial score (nSPS) is 51.8. The second-order valence-corrected chi connectivity index (χ2v) is 10.4. The summed E-state index contributed by atoms with van der Waals surface area (Å²) in [6.45, 7) is 4.88. The zero-order valence-electron chi connectivity index (χ0n) is 16.5. The Labute approximate surface area is 162 Å². The van der Waals surface area contributed by atoms with Crippen LogP contribution in [0, 0.1) is 29.1 Å². The van der Waals surface area contributed by atoms with Gasteiger partial charge in [-0.3, -0.25) is 0 Å². The van der Waals surface area contributed by atoms with Crippen LogP contribution in [-0.4, -0.2) is 28.0 Å². The molecule has 27 heavy (non-hydrogen) atoms. The highest BCUT2D eigenvalue weighted by Gasteiger charge is 2.77. The maximum atomic E-state index is 11.9. The van der Waals surface area contributed by atoms with Crippen LogP contribution in [0.5, 0.6) is 0 Å². The van der Waals surface area contributed by atoms with Gasteiger partial charge in [-0.05, 0) is 78.4 Å². The molecular formula is C24H32O3. The van der Waals surface area contributed by atoms with E-state index in [-0.39, 0.29) is 18.1 Å². The lowest BCUT2D eigenvalue weighted by Crippen LogP contribution is -2.55. The molecule has 4 fully saturated rings. The second kappa shape index (κ2) is 5.37. The molecule has 0 bridgehead atoms. The van der Waals surface area contributed by atoms with Crippen molar-refractivity contribution in [2.24, 2.45) is 29.1 Å². The fraction of sp³-hybridized carbons (Fsp3) is 0.750. The van der Waals surface area contributed by atoms with Crippen LogP contribution in [0.25, 0.3) is 0 Å². The molecule has 1 saturated heterocycles. The topological polar surface area (TPSA) is 53.0 Å². The molecular weight excluding hydrogens is 336 g/mol. The number of aliphatic hydroxyl groups excluding tert-OH is 1. The minimum Gasteiger partial charge on any atom is -0.392 e. The first kappa shape index (κ1) is 17.0. The van der Waals surface area contributed by atoms with Crippen molar-refractivity contribution in [2.75, 3.05) is 0 Å². The lowest BCUT2D eigenvalue weighted by Gasteiger charge is -2.55. The summed E-state index contributed by atoms with van der Waals surface area (Å²) in [7, 11) is 0. The van der Waals surface area contributed by atoms with Crippen LogP contribution in [0.2, 0.25) is 0 Å². The van der Waals surface area contributed by atoms with Gasteiger partial charge in [0.2, 0.25) is 0 Å². The maximum absolute atomic E-state index is 11.9. The summed E-state index contributed by atoms with van der Waals surface area (Å²) in [4.78, 5) is 0. The molecule has 3 nitrogen and oxygen atoms in total. The van der Waals surface area contributed by atoms with Gasteiger partial charge in [-0.15, -0.1) is 0 Å². The molecule has 0 spiro atoms. The number of aliphatic hydroxyl groups is 2. The zero-order valence-corrected chi connectivity index (χ0v) is 16.5. The quantitative estimate of drug-likeness (QED) is 0.781. The van der Waals surface area contributed by atoms with Gasteiger partial charge in [0.15, 0.2) is 0 Å². The lowest BCUT2D eigenvalue weighted by molar-refractivity contribution is -0.137. The zero-order chi connectivity index (χ0) is 18.6. The molecule has 2 N–H and O–H groups in total. The van der Waals surface area contributed by atoms with Crippen LogP contribution < -0.4 is 0 Å². The largest absolute Gasteiger partial charge is 0.392 e. The van der Waals surface area contributed by atoms with Crippen LogP contribution in [0.1, 0.15) is 68.6 Å². The minimum absolute atomic E-state index is 0.0186. The first-order valence-corrected chi connectivity index (χ1v) is 11.1. The van der Waals surface area contributed by atoms with E-state index in [1.54, 1.807) is 0 Å². The molecule has 1 aliphatic heterocycles. The predicted octanol–water partition coefficient (Wildman–Crippen LogP) is 3.80. The summed E-state index contributed by atoms with van der Waals surface area (Å²) in [5, 5.41) is 21.4. The number of rotatable bonds is 2. The van der Waals surface area contributed by atoms with Gasteiger partial charge in [0.05, 0.1) is 12.7 Å². The molecule has 1 aromatic carbocycles. The molecule has 6 rings (SSSR count). The SMILES string of the molecule is CC[C@@H]1Cc2cc(CO)ccc2C2CC[C@@]3(C)C(C[C@H]4C[C@@H]5O[C@@H]5[C@]43O)C21. The Morgan fingerprint density at radius 2 is 2.11 bits per heavy atom. The van der Waals surface area contributed by atoms with Crippen molar-refractivity contribution in [1.29, 1.82) is 0 Å². The smallest absolute Gasteiger partial charge is 0.114 e. The van der Waals surface area contributed by atoms with Crippen LogP contribution >= 0.6 is 0 Å². The van der Waals surface area contributed by atoms with E-state index in [1.807, 2.05) is 0 Å². The Balaban J connectivity index is 1.42. The molecule has 3 heteroatoms. The van der Waals surface area contributed by atoms with Gasteiger partial charge in [0.25, 0.3) is 0 Å². The Kier molecular flexibility index (Phi) is 3.38. The standard InChI is InChI=1S/C24H32O3/c1-3-14-9-15-8-13(12-25)4-5-17(15)18-6-7-23(2)19(21(14)18)10-16-11-20-22(27-20)24(16,23)26/h4-5,8,14,16,18-22,25-26H,3,6-7,9-12H2,1-2H3/t14-,16+,18?,19?,20+,21?,22+,23+,24-/m1/s1. The van der Waals surface area contributed by atoms with E-state index < -0.39 is 5.60 Å². The van der Waals surface area contributed by atoms with Gasteiger partial charge in [-0.2, -0.15) is 0 Å². The van der Waals surface area contributed by atoms with Crippen LogP contribution in [-0.2, 0) is 17.8 Å². The number of benzene rings is 1. The highest BCUT2D eigenvalue weighted by Crippen LogP contribution is 2.73. The molecule has 3 unspecified atom stereocenters. The summed E-state index contributed by atoms with van der Waals surface area (Å²) in [6, 6.07) is 6.68. The molecule has 9 atom stereocenters. The summed E-state index contributed by atoms with van der Waals surface area (Å²) in [5.41, 5.74) is 3.50.